The van der Waals surface area contributed by atoms with Crippen molar-refractivity contribution >= 4 is 5.91 Å². The predicted molar refractivity (Wildman–Crippen MR) is 106 cm³/mol. The summed E-state index contributed by atoms with van der Waals surface area (Å²) in [7, 11) is 0. The summed E-state index contributed by atoms with van der Waals surface area (Å²) in [4.78, 5) is 12.6. The van der Waals surface area contributed by atoms with Crippen molar-refractivity contribution in [3.05, 3.63) is 71.8 Å². The number of benzene rings is 2. The molecule has 0 aliphatic rings. The molecule has 2 rings (SSSR count). The third kappa shape index (κ3) is 6.38. The molecule has 2 aromatic carbocycles. The van der Waals surface area contributed by atoms with E-state index in [1.54, 1.807) is 0 Å². The zero-order chi connectivity index (χ0) is 17.9. The average molecular weight is 338 g/mol. The molecule has 0 saturated carbocycles. The third-order valence-electron chi connectivity index (χ3n) is 4.92. The van der Waals surface area contributed by atoms with E-state index >= 15 is 0 Å². The van der Waals surface area contributed by atoms with Crippen LogP contribution in [0.4, 0.5) is 0 Å². The fourth-order valence-electron chi connectivity index (χ4n) is 3.26. The van der Waals surface area contributed by atoms with Crippen molar-refractivity contribution in [3.63, 3.8) is 0 Å². The van der Waals surface area contributed by atoms with Crippen LogP contribution in [0.5, 0.6) is 0 Å². The monoisotopic (exact) mass is 337 g/mol. The standard InChI is InChI=1S/C23H31NO/c1-3-5-12-19(4-2)18-24-23(25)17-22(20-13-8-6-9-14-20)21-15-10-7-11-16-21/h6-11,13-16,19,22H,3-5,12,17-18H2,1-2H3,(H,24,25)/t19-/m0/s1. The molecular weight excluding hydrogens is 306 g/mol. The number of nitrogens with one attached hydrogen (secondary N) is 1. The van der Waals surface area contributed by atoms with Crippen LogP contribution in [0.2, 0.25) is 0 Å². The van der Waals surface area contributed by atoms with Gasteiger partial charge in [-0.3, -0.25) is 4.79 Å². The number of unbranched alkanes of at least 4 members (excludes halogenated alkanes) is 1. The second-order valence-electron chi connectivity index (χ2n) is 6.80. The zero-order valence-corrected chi connectivity index (χ0v) is 15.6. The lowest BCUT2D eigenvalue weighted by Gasteiger charge is -2.20. The summed E-state index contributed by atoms with van der Waals surface area (Å²) in [6.45, 7) is 5.23. The molecule has 0 aliphatic heterocycles. The molecule has 0 spiro atoms. The molecule has 25 heavy (non-hydrogen) atoms. The molecule has 134 valence electrons. The second-order valence-corrected chi connectivity index (χ2v) is 6.80. The van der Waals surface area contributed by atoms with E-state index in [0.717, 1.165) is 13.0 Å². The van der Waals surface area contributed by atoms with Gasteiger partial charge in [0.1, 0.15) is 0 Å². The molecular formula is C23H31NO. The molecule has 2 heteroatoms. The van der Waals surface area contributed by atoms with Gasteiger partial charge in [0.05, 0.1) is 0 Å². The van der Waals surface area contributed by atoms with Crippen LogP contribution in [0.1, 0.15) is 63.0 Å². The third-order valence-corrected chi connectivity index (χ3v) is 4.92. The highest BCUT2D eigenvalue weighted by molar-refractivity contribution is 5.77. The predicted octanol–water partition coefficient (Wildman–Crippen LogP) is 5.54. The Kier molecular flexibility index (Phi) is 8.24. The number of hydrogen-bond acceptors (Lipinski definition) is 1. The van der Waals surface area contributed by atoms with Crippen LogP contribution in [-0.2, 0) is 4.79 Å². The quantitative estimate of drug-likeness (QED) is 0.606. The number of carbonyl (C=O) groups excluding carboxylic acids is 1. The lowest BCUT2D eigenvalue weighted by Crippen LogP contribution is -2.30. The van der Waals surface area contributed by atoms with Crippen molar-refractivity contribution in [1.82, 2.24) is 5.32 Å². The van der Waals surface area contributed by atoms with E-state index in [4.69, 9.17) is 0 Å². The van der Waals surface area contributed by atoms with E-state index < -0.39 is 0 Å². The molecule has 0 aromatic heterocycles. The summed E-state index contributed by atoms with van der Waals surface area (Å²) in [6.07, 6.45) is 5.28. The molecule has 0 unspecified atom stereocenters. The summed E-state index contributed by atoms with van der Waals surface area (Å²) < 4.78 is 0. The molecule has 0 aliphatic carbocycles. The molecule has 2 nitrogen and oxygen atoms in total. The van der Waals surface area contributed by atoms with E-state index in [9.17, 15) is 4.79 Å². The van der Waals surface area contributed by atoms with Crippen LogP contribution >= 0.6 is 0 Å². The highest BCUT2D eigenvalue weighted by Gasteiger charge is 2.18. The number of hydrogen-bond donors (Lipinski definition) is 1. The molecule has 0 radical (unpaired) electrons. The first-order chi connectivity index (χ1) is 12.2. The van der Waals surface area contributed by atoms with Crippen LogP contribution in [-0.4, -0.2) is 12.5 Å². The lowest BCUT2D eigenvalue weighted by molar-refractivity contribution is -0.121. The van der Waals surface area contributed by atoms with Gasteiger partial charge in [-0.25, -0.2) is 0 Å². The smallest absolute Gasteiger partial charge is 0.220 e. The number of carbonyl (C=O) groups is 1. The van der Waals surface area contributed by atoms with Crippen LogP contribution in [0.3, 0.4) is 0 Å². The first kappa shape index (κ1) is 19.2. The van der Waals surface area contributed by atoms with Crippen LogP contribution in [0.25, 0.3) is 0 Å². The summed E-state index contributed by atoms with van der Waals surface area (Å²) in [5, 5.41) is 3.17. The Labute approximate surface area is 152 Å². The van der Waals surface area contributed by atoms with Gasteiger partial charge in [-0.1, -0.05) is 93.8 Å². The van der Waals surface area contributed by atoms with Gasteiger partial charge in [0.15, 0.2) is 0 Å². The molecule has 0 saturated heterocycles. The minimum absolute atomic E-state index is 0.109. The molecule has 0 fully saturated rings. The Bertz CT molecular complexity index is 569. The van der Waals surface area contributed by atoms with Gasteiger partial charge in [0.2, 0.25) is 5.91 Å². The van der Waals surface area contributed by atoms with Crippen molar-refractivity contribution in [1.29, 1.82) is 0 Å². The van der Waals surface area contributed by atoms with Gasteiger partial charge in [0, 0.05) is 18.9 Å². The highest BCUT2D eigenvalue weighted by Crippen LogP contribution is 2.27. The first-order valence-electron chi connectivity index (χ1n) is 9.61. The maximum Gasteiger partial charge on any atom is 0.220 e. The van der Waals surface area contributed by atoms with Crippen molar-refractivity contribution in [2.45, 2.75) is 51.9 Å². The summed E-state index contributed by atoms with van der Waals surface area (Å²) in [5.41, 5.74) is 2.39. The zero-order valence-electron chi connectivity index (χ0n) is 15.6. The lowest BCUT2D eigenvalue weighted by atomic mass is 9.88. The maximum atomic E-state index is 12.6. The van der Waals surface area contributed by atoms with Crippen LogP contribution < -0.4 is 5.32 Å². The van der Waals surface area contributed by atoms with Crippen LogP contribution in [0, 0.1) is 5.92 Å². The average Bonchev–Trinajstić information content (AvgIpc) is 2.67. The van der Waals surface area contributed by atoms with Gasteiger partial charge < -0.3 is 5.32 Å². The second kappa shape index (κ2) is 10.7. The van der Waals surface area contributed by atoms with Gasteiger partial charge >= 0.3 is 0 Å². The van der Waals surface area contributed by atoms with E-state index in [2.05, 4.69) is 43.4 Å². The minimum atomic E-state index is 0.109. The van der Waals surface area contributed by atoms with Crippen molar-refractivity contribution in [3.8, 4) is 0 Å². The highest BCUT2D eigenvalue weighted by atomic mass is 16.1. The summed E-state index contributed by atoms with van der Waals surface area (Å²) in [5.74, 6) is 0.849. The van der Waals surface area contributed by atoms with E-state index in [1.165, 1.54) is 30.4 Å². The Hall–Kier alpha value is -2.09. The first-order valence-corrected chi connectivity index (χ1v) is 9.61. The Morgan fingerprint density at radius 1 is 0.920 bits per heavy atom. The molecule has 0 bridgehead atoms. The van der Waals surface area contributed by atoms with Gasteiger partial charge in [-0.05, 0) is 23.5 Å². The normalized spacial score (nSPS) is 12.1. The molecule has 2 aromatic rings. The van der Waals surface area contributed by atoms with Crippen molar-refractivity contribution in [2.24, 2.45) is 5.92 Å². The van der Waals surface area contributed by atoms with E-state index in [0.29, 0.717) is 12.3 Å². The number of rotatable bonds is 10. The fourth-order valence-corrected chi connectivity index (χ4v) is 3.26. The van der Waals surface area contributed by atoms with E-state index in [-0.39, 0.29) is 11.8 Å². The van der Waals surface area contributed by atoms with Gasteiger partial charge in [-0.15, -0.1) is 0 Å². The fraction of sp³-hybridized carbons (Fsp3) is 0.435. The summed E-state index contributed by atoms with van der Waals surface area (Å²) >= 11 is 0. The maximum absolute atomic E-state index is 12.6. The largest absolute Gasteiger partial charge is 0.356 e. The van der Waals surface area contributed by atoms with Crippen molar-refractivity contribution < 1.29 is 4.79 Å². The molecule has 1 amide bonds. The minimum Gasteiger partial charge on any atom is -0.356 e. The molecule has 1 atom stereocenters. The summed E-state index contributed by atoms with van der Waals surface area (Å²) in [6, 6.07) is 20.7. The molecule has 1 N–H and O–H groups in total. The van der Waals surface area contributed by atoms with E-state index in [1.807, 2.05) is 36.4 Å². The SMILES string of the molecule is CCCC[C@H](CC)CNC(=O)CC(c1ccccc1)c1ccccc1. The van der Waals surface area contributed by atoms with Gasteiger partial charge in [0.25, 0.3) is 0 Å². The van der Waals surface area contributed by atoms with Crippen LogP contribution in [0.15, 0.2) is 60.7 Å². The topological polar surface area (TPSA) is 29.1 Å². The van der Waals surface area contributed by atoms with Gasteiger partial charge in [-0.2, -0.15) is 0 Å². The Balaban J connectivity index is 2.01. The number of amides is 1. The Morgan fingerprint density at radius 2 is 1.48 bits per heavy atom. The molecule has 0 heterocycles. The van der Waals surface area contributed by atoms with Crippen molar-refractivity contribution in [2.75, 3.05) is 6.54 Å². The Morgan fingerprint density at radius 3 is 1.96 bits per heavy atom.